The molecule has 4 nitrogen and oxygen atoms in total. The maximum Gasteiger partial charge on any atom is 0.413 e. The number of aromatic amines is 1. The minimum atomic E-state index is -4.35. The molecule has 18 heavy (non-hydrogen) atoms. The number of H-pyrrole nitrogens is 1. The van der Waals surface area contributed by atoms with Gasteiger partial charge in [-0.15, -0.1) is 0 Å². The third-order valence-corrected chi connectivity index (χ3v) is 2.79. The molecule has 1 heterocycles. The van der Waals surface area contributed by atoms with Gasteiger partial charge in [0.15, 0.2) is 6.61 Å². The Kier molecular flexibility index (Phi) is 3.72. The van der Waals surface area contributed by atoms with Crippen LogP contribution in [0, 0.1) is 0 Å². The Morgan fingerprint density at radius 1 is 1.44 bits per heavy atom. The molecule has 0 aliphatic heterocycles. The Labute approximate surface area is 101 Å². The number of hydrogen-bond donors (Lipinski definition) is 2. The van der Waals surface area contributed by atoms with E-state index in [1.165, 1.54) is 6.07 Å². The topological polar surface area (TPSA) is 54.1 Å². The van der Waals surface area contributed by atoms with Gasteiger partial charge >= 0.3 is 6.18 Å². The zero-order valence-electron chi connectivity index (χ0n) is 9.51. The average molecular weight is 262 g/mol. The molecule has 0 saturated carbocycles. The Morgan fingerprint density at radius 2 is 2.22 bits per heavy atom. The summed E-state index contributed by atoms with van der Waals surface area (Å²) in [6.07, 6.45) is -2.16. The van der Waals surface area contributed by atoms with E-state index in [1.807, 2.05) is 0 Å². The lowest BCUT2D eigenvalue weighted by molar-refractivity contribution is -0.193. The fourth-order valence-electron chi connectivity index (χ4n) is 2.05. The van der Waals surface area contributed by atoms with Crippen molar-refractivity contribution in [2.24, 2.45) is 0 Å². The Bertz CT molecular complexity index is 470. The van der Waals surface area contributed by atoms with E-state index in [4.69, 9.17) is 0 Å². The second-order valence-electron chi connectivity index (χ2n) is 4.22. The van der Waals surface area contributed by atoms with Crippen LogP contribution in [0.5, 0.6) is 0 Å². The molecule has 0 amide bonds. The highest BCUT2D eigenvalue weighted by Crippen LogP contribution is 2.27. The van der Waals surface area contributed by atoms with Gasteiger partial charge in [0.2, 0.25) is 5.56 Å². The number of hydrogen-bond acceptors (Lipinski definition) is 3. The van der Waals surface area contributed by atoms with E-state index < -0.39 is 12.8 Å². The van der Waals surface area contributed by atoms with Gasteiger partial charge in [-0.2, -0.15) is 18.7 Å². The maximum absolute atomic E-state index is 11.9. The van der Waals surface area contributed by atoms with Crippen molar-refractivity contribution in [1.29, 1.82) is 0 Å². The molecule has 1 aliphatic carbocycles. The highest BCUT2D eigenvalue weighted by Gasteiger charge is 2.29. The molecule has 1 aromatic heterocycles. The van der Waals surface area contributed by atoms with Crippen molar-refractivity contribution < 1.29 is 18.0 Å². The molecule has 0 spiro atoms. The summed E-state index contributed by atoms with van der Waals surface area (Å²) in [6, 6.07) is 2.68. The monoisotopic (exact) mass is 262 g/mol. The molecule has 1 aliphatic rings. The molecule has 1 unspecified atom stereocenters. The molecular weight excluding hydrogens is 249 g/mol. The van der Waals surface area contributed by atoms with Gasteiger partial charge in [-0.25, -0.2) is 0 Å². The fraction of sp³-hybridized carbons (Fsp3) is 0.545. The summed E-state index contributed by atoms with van der Waals surface area (Å²) < 4.78 is 35.8. The summed E-state index contributed by atoms with van der Waals surface area (Å²) in [5, 5.41) is 0. The predicted molar refractivity (Wildman–Crippen MR) is 57.9 cm³/mol. The first-order valence-electron chi connectivity index (χ1n) is 5.62. The number of rotatable bonds is 3. The predicted octanol–water partition coefficient (Wildman–Crippen LogP) is 1.84. The highest BCUT2D eigenvalue weighted by atomic mass is 19.4. The Hall–Kier alpha value is -1.34. The third kappa shape index (κ3) is 3.33. The van der Waals surface area contributed by atoms with Crippen LogP contribution in [0.25, 0.3) is 0 Å². The van der Waals surface area contributed by atoms with Crippen molar-refractivity contribution >= 4 is 0 Å². The molecular formula is C11H13F3N2O2. The van der Waals surface area contributed by atoms with Crippen molar-refractivity contribution in [3.63, 3.8) is 0 Å². The van der Waals surface area contributed by atoms with Crippen LogP contribution < -0.4 is 11.0 Å². The van der Waals surface area contributed by atoms with Crippen LogP contribution in [-0.4, -0.2) is 17.8 Å². The number of pyridine rings is 1. The van der Waals surface area contributed by atoms with E-state index in [0.717, 1.165) is 24.1 Å². The number of alkyl halides is 3. The van der Waals surface area contributed by atoms with Gasteiger partial charge in [0, 0.05) is 11.8 Å². The summed E-state index contributed by atoms with van der Waals surface area (Å²) in [7, 11) is 0. The van der Waals surface area contributed by atoms with Gasteiger partial charge < -0.3 is 4.98 Å². The molecule has 2 rings (SSSR count). The van der Waals surface area contributed by atoms with Crippen molar-refractivity contribution in [1.82, 2.24) is 10.5 Å². The van der Waals surface area contributed by atoms with Crippen molar-refractivity contribution in [2.75, 3.05) is 6.61 Å². The minimum absolute atomic E-state index is 0.203. The zero-order valence-corrected chi connectivity index (χ0v) is 9.51. The van der Waals surface area contributed by atoms with Crippen LogP contribution in [0.4, 0.5) is 13.2 Å². The second-order valence-corrected chi connectivity index (χ2v) is 4.22. The van der Waals surface area contributed by atoms with Crippen LogP contribution in [0.1, 0.15) is 30.1 Å². The minimum Gasteiger partial charge on any atom is -0.326 e. The molecule has 0 aromatic carbocycles. The molecule has 1 atom stereocenters. The van der Waals surface area contributed by atoms with E-state index in [0.29, 0.717) is 6.42 Å². The van der Waals surface area contributed by atoms with E-state index in [2.05, 4.69) is 15.3 Å². The molecule has 0 fully saturated rings. The third-order valence-electron chi connectivity index (χ3n) is 2.79. The molecule has 0 bridgehead atoms. The van der Waals surface area contributed by atoms with Crippen LogP contribution in [0.15, 0.2) is 16.9 Å². The first kappa shape index (κ1) is 13.1. The smallest absolute Gasteiger partial charge is 0.326 e. The molecule has 100 valence electrons. The molecule has 7 heteroatoms. The van der Waals surface area contributed by atoms with Crippen LogP contribution in [-0.2, 0) is 11.3 Å². The van der Waals surface area contributed by atoms with Crippen molar-refractivity contribution in [2.45, 2.75) is 31.5 Å². The van der Waals surface area contributed by atoms with Crippen LogP contribution in [0.3, 0.4) is 0 Å². The van der Waals surface area contributed by atoms with Crippen molar-refractivity contribution in [3.8, 4) is 0 Å². The number of hydroxylamine groups is 1. The SMILES string of the molecule is O=c1ccc2c([nH]1)CCCC2NOCC(F)(F)F. The lowest BCUT2D eigenvalue weighted by atomic mass is 9.92. The Balaban J connectivity index is 2.02. The maximum atomic E-state index is 11.9. The number of fused-ring (bicyclic) bond motifs is 1. The standard InChI is InChI=1S/C11H13F3N2O2/c12-11(13,14)6-18-16-9-3-1-2-8-7(9)4-5-10(17)15-8/h4-5,9,16H,1-3,6H2,(H,15,17). The fourth-order valence-corrected chi connectivity index (χ4v) is 2.05. The summed E-state index contributed by atoms with van der Waals surface area (Å²) in [6.45, 7) is -1.33. The number of aromatic nitrogens is 1. The first-order valence-corrected chi connectivity index (χ1v) is 5.62. The summed E-state index contributed by atoms with van der Waals surface area (Å²) in [5.74, 6) is 0. The van der Waals surface area contributed by atoms with Gasteiger partial charge in [0.1, 0.15) is 0 Å². The lowest BCUT2D eigenvalue weighted by Crippen LogP contribution is -2.31. The number of nitrogens with one attached hydrogen (secondary N) is 2. The highest BCUT2D eigenvalue weighted by molar-refractivity contribution is 5.25. The quantitative estimate of drug-likeness (QED) is 0.817. The van der Waals surface area contributed by atoms with Crippen molar-refractivity contribution in [3.05, 3.63) is 33.7 Å². The second kappa shape index (κ2) is 5.11. The first-order chi connectivity index (χ1) is 8.46. The lowest BCUT2D eigenvalue weighted by Gasteiger charge is -2.25. The van der Waals surface area contributed by atoms with Gasteiger partial charge in [0.05, 0.1) is 6.04 Å². The summed E-state index contributed by atoms with van der Waals surface area (Å²) in [5.41, 5.74) is 3.77. The molecule has 1 aromatic rings. The van der Waals surface area contributed by atoms with Gasteiger partial charge in [-0.3, -0.25) is 9.63 Å². The summed E-state index contributed by atoms with van der Waals surface area (Å²) >= 11 is 0. The van der Waals surface area contributed by atoms with Crippen LogP contribution in [0.2, 0.25) is 0 Å². The van der Waals surface area contributed by atoms with E-state index >= 15 is 0 Å². The largest absolute Gasteiger partial charge is 0.413 e. The van der Waals surface area contributed by atoms with Gasteiger partial charge in [0.25, 0.3) is 0 Å². The number of halogens is 3. The van der Waals surface area contributed by atoms with Crippen LogP contribution >= 0.6 is 0 Å². The average Bonchev–Trinajstić information content (AvgIpc) is 2.27. The Morgan fingerprint density at radius 3 is 2.94 bits per heavy atom. The molecule has 0 radical (unpaired) electrons. The molecule has 2 N–H and O–H groups in total. The molecule has 0 saturated heterocycles. The van der Waals surface area contributed by atoms with E-state index in [9.17, 15) is 18.0 Å². The zero-order chi connectivity index (χ0) is 13.2. The van der Waals surface area contributed by atoms with Gasteiger partial charge in [-0.1, -0.05) is 6.07 Å². The van der Waals surface area contributed by atoms with E-state index in [1.54, 1.807) is 6.07 Å². The van der Waals surface area contributed by atoms with E-state index in [-0.39, 0.29) is 11.6 Å². The number of aryl methyl sites for hydroxylation is 1. The summed E-state index contributed by atoms with van der Waals surface area (Å²) in [4.78, 5) is 18.3. The van der Waals surface area contributed by atoms with Gasteiger partial charge in [-0.05, 0) is 24.8 Å². The normalized spacial score (nSPS) is 19.6.